The van der Waals surface area contributed by atoms with Crippen LogP contribution in [0.3, 0.4) is 0 Å². The van der Waals surface area contributed by atoms with Gasteiger partial charge in [-0.3, -0.25) is 5.32 Å². The topological polar surface area (TPSA) is 84.9 Å². The maximum Gasteiger partial charge on any atom is 0.412 e. The number of methoxy groups -OCH3 is 1. The van der Waals surface area contributed by atoms with E-state index in [9.17, 15) is 14.7 Å². The molecular formula is C20H21NO5. The summed E-state index contributed by atoms with van der Waals surface area (Å²) < 4.78 is 10.1. The first-order valence-corrected chi connectivity index (χ1v) is 8.12. The molecule has 0 aliphatic rings. The first-order valence-electron chi connectivity index (χ1n) is 8.12. The molecule has 0 aliphatic carbocycles. The molecule has 0 aliphatic heterocycles. The van der Waals surface area contributed by atoms with Crippen LogP contribution in [0.1, 0.15) is 17.5 Å². The highest BCUT2D eigenvalue weighted by Gasteiger charge is 2.12. The highest BCUT2D eigenvalue weighted by molar-refractivity contribution is 5.90. The van der Waals surface area contributed by atoms with Crippen LogP contribution in [0, 0.1) is 0 Å². The van der Waals surface area contributed by atoms with Crippen LogP contribution in [0.4, 0.5) is 4.79 Å². The minimum atomic E-state index is -1.21. The number of ether oxygens (including phenoxy) is 2. The van der Waals surface area contributed by atoms with Gasteiger partial charge < -0.3 is 14.6 Å². The Hall–Kier alpha value is -3.28. The number of benzene rings is 2. The Morgan fingerprint density at radius 1 is 1.04 bits per heavy atom. The fourth-order valence-corrected chi connectivity index (χ4v) is 2.24. The van der Waals surface area contributed by atoms with Crippen molar-refractivity contribution in [1.29, 1.82) is 0 Å². The molecule has 1 amide bonds. The lowest BCUT2D eigenvalue weighted by molar-refractivity contribution is -0.133. The number of rotatable bonds is 8. The van der Waals surface area contributed by atoms with Gasteiger partial charge in [0.15, 0.2) is 0 Å². The molecule has 2 rings (SSSR count). The summed E-state index contributed by atoms with van der Waals surface area (Å²) in [7, 11) is 1.60. The number of alkyl carbamates (subject to hydrolysis) is 1. The van der Waals surface area contributed by atoms with E-state index in [2.05, 4.69) is 5.32 Å². The Kier molecular flexibility index (Phi) is 7.24. The molecule has 0 bridgehead atoms. The Labute approximate surface area is 152 Å². The fraction of sp³-hybridized carbons (Fsp3) is 0.200. The van der Waals surface area contributed by atoms with Gasteiger partial charge in [0.05, 0.1) is 7.11 Å². The number of hydrogen-bond acceptors (Lipinski definition) is 4. The number of aliphatic carboxylic acids is 1. The van der Waals surface area contributed by atoms with Crippen LogP contribution in [0.5, 0.6) is 5.75 Å². The third-order valence-corrected chi connectivity index (χ3v) is 3.62. The average molecular weight is 355 g/mol. The number of nitrogens with one attached hydrogen (secondary N) is 1. The number of allylic oxidation sites excluding steroid dienone is 1. The monoisotopic (exact) mass is 355 g/mol. The third kappa shape index (κ3) is 6.32. The van der Waals surface area contributed by atoms with Crippen LogP contribution in [0.25, 0.3) is 0 Å². The van der Waals surface area contributed by atoms with Gasteiger partial charge in [-0.15, -0.1) is 0 Å². The number of aryl methyl sites for hydroxylation is 1. The van der Waals surface area contributed by atoms with Gasteiger partial charge in [0, 0.05) is 0 Å². The number of amides is 1. The lowest BCUT2D eigenvalue weighted by Crippen LogP contribution is -2.28. The maximum atomic E-state index is 11.8. The van der Waals surface area contributed by atoms with Gasteiger partial charge in [0.25, 0.3) is 0 Å². The largest absolute Gasteiger partial charge is 0.497 e. The third-order valence-electron chi connectivity index (χ3n) is 3.62. The summed E-state index contributed by atoms with van der Waals surface area (Å²) in [5.74, 6) is -0.449. The van der Waals surface area contributed by atoms with Crippen LogP contribution in [0.2, 0.25) is 0 Å². The second kappa shape index (κ2) is 9.88. The van der Waals surface area contributed by atoms with Crippen molar-refractivity contribution in [3.8, 4) is 5.75 Å². The highest BCUT2D eigenvalue weighted by atomic mass is 16.5. The van der Waals surface area contributed by atoms with Crippen molar-refractivity contribution in [2.75, 3.05) is 7.11 Å². The molecule has 6 heteroatoms. The Balaban J connectivity index is 1.85. The second-order valence-electron chi connectivity index (χ2n) is 5.50. The van der Waals surface area contributed by atoms with E-state index in [0.717, 1.165) is 16.9 Å². The quantitative estimate of drug-likeness (QED) is 0.708. The summed E-state index contributed by atoms with van der Waals surface area (Å²) in [6.07, 6.45) is 1.78. The van der Waals surface area contributed by atoms with Crippen molar-refractivity contribution in [3.05, 3.63) is 77.5 Å². The van der Waals surface area contributed by atoms with Gasteiger partial charge in [-0.2, -0.15) is 0 Å². The van der Waals surface area contributed by atoms with Crippen LogP contribution in [-0.2, 0) is 22.6 Å². The normalized spacial score (nSPS) is 10.9. The number of carbonyl (C=O) groups excluding carboxylic acids is 1. The van der Waals surface area contributed by atoms with Crippen LogP contribution in [-0.4, -0.2) is 24.3 Å². The number of hydrogen-bond donors (Lipinski definition) is 2. The molecule has 6 nitrogen and oxygen atoms in total. The van der Waals surface area contributed by atoms with E-state index in [1.54, 1.807) is 7.11 Å². The summed E-state index contributed by atoms with van der Waals surface area (Å²) >= 11 is 0. The molecule has 0 saturated heterocycles. The molecule has 2 aromatic rings. The summed E-state index contributed by atoms with van der Waals surface area (Å²) in [5.41, 5.74) is 1.66. The molecular weight excluding hydrogens is 334 g/mol. The molecule has 0 atom stereocenters. The molecule has 0 unspecified atom stereocenters. The van der Waals surface area contributed by atoms with E-state index in [4.69, 9.17) is 9.47 Å². The number of carbonyl (C=O) groups is 2. The molecule has 26 heavy (non-hydrogen) atoms. The van der Waals surface area contributed by atoms with Crippen molar-refractivity contribution < 1.29 is 24.2 Å². The van der Waals surface area contributed by atoms with E-state index in [1.165, 1.54) is 6.08 Å². The van der Waals surface area contributed by atoms with Crippen molar-refractivity contribution in [1.82, 2.24) is 5.32 Å². The van der Waals surface area contributed by atoms with Gasteiger partial charge in [-0.05, 0) is 36.1 Å². The van der Waals surface area contributed by atoms with Crippen LogP contribution in [0.15, 0.2) is 66.4 Å². The SMILES string of the molecule is COc1ccc(CC/C=C(\NC(=O)OCc2ccccc2)C(=O)O)cc1. The molecule has 0 aromatic heterocycles. The summed E-state index contributed by atoms with van der Waals surface area (Å²) in [6.45, 7) is 0.0748. The van der Waals surface area contributed by atoms with Crippen molar-refractivity contribution in [2.45, 2.75) is 19.4 Å². The number of carboxylic acids is 1. The molecule has 0 radical (unpaired) electrons. The molecule has 2 aromatic carbocycles. The van der Waals surface area contributed by atoms with E-state index in [1.807, 2.05) is 54.6 Å². The standard InChI is InChI=1S/C20H21NO5/c1-25-17-12-10-15(11-13-17)8-5-9-18(19(22)23)21-20(24)26-14-16-6-3-2-4-7-16/h2-4,6-7,9-13H,5,8,14H2,1H3,(H,21,24)(H,22,23)/b18-9-. The van der Waals surface area contributed by atoms with Crippen molar-refractivity contribution >= 4 is 12.1 Å². The predicted octanol–water partition coefficient (Wildman–Crippen LogP) is 3.52. The van der Waals surface area contributed by atoms with Gasteiger partial charge in [0.2, 0.25) is 0 Å². The molecule has 2 N–H and O–H groups in total. The fourth-order valence-electron chi connectivity index (χ4n) is 2.24. The Morgan fingerprint density at radius 3 is 2.35 bits per heavy atom. The lowest BCUT2D eigenvalue weighted by Gasteiger charge is -2.08. The van der Waals surface area contributed by atoms with E-state index in [-0.39, 0.29) is 12.3 Å². The van der Waals surface area contributed by atoms with Crippen LogP contribution >= 0.6 is 0 Å². The summed E-state index contributed by atoms with van der Waals surface area (Å²) in [5, 5.41) is 11.5. The van der Waals surface area contributed by atoms with Gasteiger partial charge in [-0.1, -0.05) is 48.5 Å². The second-order valence-corrected chi connectivity index (χ2v) is 5.50. The van der Waals surface area contributed by atoms with Gasteiger partial charge in [-0.25, -0.2) is 9.59 Å². The molecule has 136 valence electrons. The Bertz CT molecular complexity index is 754. The zero-order chi connectivity index (χ0) is 18.8. The van der Waals surface area contributed by atoms with Gasteiger partial charge >= 0.3 is 12.1 Å². The maximum absolute atomic E-state index is 11.8. The molecule has 0 heterocycles. The summed E-state index contributed by atoms with van der Waals surface area (Å²) in [6, 6.07) is 16.7. The first kappa shape index (κ1) is 19.1. The summed E-state index contributed by atoms with van der Waals surface area (Å²) in [4.78, 5) is 23.1. The molecule has 0 spiro atoms. The molecule has 0 saturated carbocycles. The van der Waals surface area contributed by atoms with E-state index >= 15 is 0 Å². The molecule has 0 fully saturated rings. The minimum absolute atomic E-state index is 0.0748. The minimum Gasteiger partial charge on any atom is -0.497 e. The van der Waals surface area contributed by atoms with Gasteiger partial charge in [0.1, 0.15) is 18.1 Å². The first-order chi connectivity index (χ1) is 12.6. The smallest absolute Gasteiger partial charge is 0.412 e. The van der Waals surface area contributed by atoms with Crippen LogP contribution < -0.4 is 10.1 Å². The Morgan fingerprint density at radius 2 is 1.73 bits per heavy atom. The highest BCUT2D eigenvalue weighted by Crippen LogP contribution is 2.13. The lowest BCUT2D eigenvalue weighted by atomic mass is 10.1. The zero-order valence-electron chi connectivity index (χ0n) is 14.5. The zero-order valence-corrected chi connectivity index (χ0v) is 14.5. The van der Waals surface area contributed by atoms with Crippen molar-refractivity contribution in [2.24, 2.45) is 0 Å². The average Bonchev–Trinajstić information content (AvgIpc) is 2.67. The number of carboxylic acid groups (broad SMARTS) is 1. The van der Waals surface area contributed by atoms with E-state index in [0.29, 0.717) is 12.8 Å². The predicted molar refractivity (Wildman–Crippen MR) is 96.8 cm³/mol. The van der Waals surface area contributed by atoms with Crippen molar-refractivity contribution in [3.63, 3.8) is 0 Å². The van der Waals surface area contributed by atoms with E-state index < -0.39 is 12.1 Å².